The van der Waals surface area contributed by atoms with Gasteiger partial charge in [0.25, 0.3) is 0 Å². The largest absolute Gasteiger partial charge is 0.395 e. The summed E-state index contributed by atoms with van der Waals surface area (Å²) in [5, 5.41) is 17.6. The molecule has 0 aromatic heterocycles. The van der Waals surface area contributed by atoms with Gasteiger partial charge in [0.05, 0.1) is 12.7 Å². The molecule has 74 valence electrons. The van der Waals surface area contributed by atoms with Crippen molar-refractivity contribution in [3.05, 3.63) is 0 Å². The molecule has 0 aromatic rings. The lowest BCUT2D eigenvalue weighted by molar-refractivity contribution is 0.138. The SMILES string of the molecule is CC1CCN(CCCC#N)C1CO. The molecule has 2 unspecified atom stereocenters. The zero-order chi connectivity index (χ0) is 9.68. The summed E-state index contributed by atoms with van der Waals surface area (Å²) in [4.78, 5) is 2.31. The summed E-state index contributed by atoms with van der Waals surface area (Å²) in [6.45, 7) is 4.49. The van der Waals surface area contributed by atoms with Gasteiger partial charge in [-0.05, 0) is 31.8 Å². The minimum absolute atomic E-state index is 0.258. The summed E-state index contributed by atoms with van der Waals surface area (Å²) in [6, 6.07) is 2.48. The van der Waals surface area contributed by atoms with Gasteiger partial charge in [-0.25, -0.2) is 0 Å². The van der Waals surface area contributed by atoms with Gasteiger partial charge >= 0.3 is 0 Å². The average Bonchev–Trinajstić information content (AvgIpc) is 2.47. The molecule has 1 aliphatic heterocycles. The van der Waals surface area contributed by atoms with Crippen LogP contribution in [0.4, 0.5) is 0 Å². The first-order chi connectivity index (χ1) is 6.29. The molecular formula is C10H18N2O. The second-order valence-electron chi connectivity index (χ2n) is 3.81. The third-order valence-corrected chi connectivity index (χ3v) is 2.92. The van der Waals surface area contributed by atoms with Crippen LogP contribution in [0.15, 0.2) is 0 Å². The van der Waals surface area contributed by atoms with Gasteiger partial charge in [-0.3, -0.25) is 4.90 Å². The minimum Gasteiger partial charge on any atom is -0.395 e. The summed E-state index contributed by atoms with van der Waals surface area (Å²) < 4.78 is 0. The van der Waals surface area contributed by atoms with Crippen molar-refractivity contribution in [2.45, 2.75) is 32.2 Å². The van der Waals surface area contributed by atoms with E-state index in [4.69, 9.17) is 10.4 Å². The Labute approximate surface area is 80.0 Å². The summed E-state index contributed by atoms with van der Waals surface area (Å²) in [6.07, 6.45) is 2.74. The van der Waals surface area contributed by atoms with Crippen LogP contribution in [-0.4, -0.2) is 35.7 Å². The second kappa shape index (κ2) is 5.21. The van der Waals surface area contributed by atoms with E-state index < -0.39 is 0 Å². The van der Waals surface area contributed by atoms with Crippen LogP contribution >= 0.6 is 0 Å². The molecule has 0 radical (unpaired) electrons. The van der Waals surface area contributed by atoms with E-state index in [1.807, 2.05) is 0 Å². The van der Waals surface area contributed by atoms with Crippen molar-refractivity contribution in [2.75, 3.05) is 19.7 Å². The quantitative estimate of drug-likeness (QED) is 0.660. The van der Waals surface area contributed by atoms with Gasteiger partial charge in [0.15, 0.2) is 0 Å². The van der Waals surface area contributed by atoms with E-state index in [9.17, 15) is 0 Å². The molecule has 1 aliphatic rings. The Kier molecular flexibility index (Phi) is 4.20. The highest BCUT2D eigenvalue weighted by molar-refractivity contribution is 4.84. The van der Waals surface area contributed by atoms with Crippen molar-refractivity contribution in [3.63, 3.8) is 0 Å². The molecule has 13 heavy (non-hydrogen) atoms. The fourth-order valence-electron chi connectivity index (χ4n) is 2.02. The number of hydrogen-bond acceptors (Lipinski definition) is 3. The molecule has 0 aliphatic carbocycles. The van der Waals surface area contributed by atoms with Gasteiger partial charge in [0.1, 0.15) is 0 Å². The fourth-order valence-corrected chi connectivity index (χ4v) is 2.02. The summed E-state index contributed by atoms with van der Waals surface area (Å²) >= 11 is 0. The van der Waals surface area contributed by atoms with E-state index in [0.29, 0.717) is 18.4 Å². The molecule has 0 aromatic carbocycles. The monoisotopic (exact) mass is 182 g/mol. The fraction of sp³-hybridized carbons (Fsp3) is 0.900. The first kappa shape index (κ1) is 10.5. The Morgan fingerprint density at radius 2 is 2.38 bits per heavy atom. The lowest BCUT2D eigenvalue weighted by atomic mass is 10.0. The third-order valence-electron chi connectivity index (χ3n) is 2.92. The number of aliphatic hydroxyl groups excluding tert-OH is 1. The van der Waals surface area contributed by atoms with Crippen LogP contribution in [0.25, 0.3) is 0 Å². The summed E-state index contributed by atoms with van der Waals surface area (Å²) in [5.41, 5.74) is 0. The van der Waals surface area contributed by atoms with E-state index in [1.165, 1.54) is 6.42 Å². The molecule has 0 amide bonds. The molecule has 0 bridgehead atoms. The minimum atomic E-state index is 0.258. The summed E-state index contributed by atoms with van der Waals surface area (Å²) in [5.74, 6) is 0.604. The topological polar surface area (TPSA) is 47.3 Å². The Balaban J connectivity index is 2.29. The van der Waals surface area contributed by atoms with Gasteiger partial charge < -0.3 is 5.11 Å². The molecule has 2 atom stereocenters. The molecule has 1 saturated heterocycles. The van der Waals surface area contributed by atoms with Gasteiger partial charge in [-0.15, -0.1) is 0 Å². The Morgan fingerprint density at radius 3 is 3.00 bits per heavy atom. The highest BCUT2D eigenvalue weighted by Crippen LogP contribution is 2.23. The van der Waals surface area contributed by atoms with Crippen LogP contribution in [0, 0.1) is 17.2 Å². The lowest BCUT2D eigenvalue weighted by Crippen LogP contribution is -2.35. The molecular weight excluding hydrogens is 164 g/mol. The van der Waals surface area contributed by atoms with Gasteiger partial charge in [-0.1, -0.05) is 6.92 Å². The van der Waals surface area contributed by atoms with Crippen LogP contribution < -0.4 is 0 Å². The van der Waals surface area contributed by atoms with Crippen molar-refractivity contribution in [2.24, 2.45) is 5.92 Å². The van der Waals surface area contributed by atoms with E-state index in [2.05, 4.69) is 17.9 Å². The Bertz CT molecular complexity index is 188. The van der Waals surface area contributed by atoms with Crippen LogP contribution in [0.1, 0.15) is 26.2 Å². The van der Waals surface area contributed by atoms with Gasteiger partial charge in [0, 0.05) is 12.5 Å². The van der Waals surface area contributed by atoms with Gasteiger partial charge in [-0.2, -0.15) is 5.26 Å². The van der Waals surface area contributed by atoms with Crippen molar-refractivity contribution < 1.29 is 5.11 Å². The predicted molar refractivity (Wildman–Crippen MR) is 51.1 cm³/mol. The van der Waals surface area contributed by atoms with Crippen LogP contribution in [0.3, 0.4) is 0 Å². The predicted octanol–water partition coefficient (Wildman–Crippen LogP) is 0.993. The van der Waals surface area contributed by atoms with Crippen molar-refractivity contribution in [1.29, 1.82) is 5.26 Å². The maximum absolute atomic E-state index is 9.16. The number of nitriles is 1. The molecule has 0 spiro atoms. The highest BCUT2D eigenvalue weighted by Gasteiger charge is 2.29. The number of unbranched alkanes of at least 4 members (excludes halogenated alkanes) is 1. The first-order valence-electron chi connectivity index (χ1n) is 5.01. The molecule has 1 rings (SSSR count). The molecule has 1 fully saturated rings. The van der Waals surface area contributed by atoms with Crippen molar-refractivity contribution in [3.8, 4) is 6.07 Å². The van der Waals surface area contributed by atoms with Crippen molar-refractivity contribution >= 4 is 0 Å². The number of rotatable bonds is 4. The van der Waals surface area contributed by atoms with Gasteiger partial charge in [0.2, 0.25) is 0 Å². The number of aliphatic hydroxyl groups is 1. The maximum atomic E-state index is 9.16. The third kappa shape index (κ3) is 2.68. The van der Waals surface area contributed by atoms with Crippen LogP contribution in [0.5, 0.6) is 0 Å². The van der Waals surface area contributed by atoms with E-state index in [1.54, 1.807) is 0 Å². The molecule has 1 heterocycles. The van der Waals surface area contributed by atoms with Crippen LogP contribution in [-0.2, 0) is 0 Å². The molecule has 3 heteroatoms. The molecule has 0 saturated carbocycles. The van der Waals surface area contributed by atoms with E-state index in [-0.39, 0.29) is 6.61 Å². The Morgan fingerprint density at radius 1 is 1.62 bits per heavy atom. The highest BCUT2D eigenvalue weighted by atomic mass is 16.3. The normalized spacial score (nSPS) is 29.0. The lowest BCUT2D eigenvalue weighted by Gasteiger charge is -2.24. The zero-order valence-corrected chi connectivity index (χ0v) is 8.24. The summed E-state index contributed by atoms with van der Waals surface area (Å²) in [7, 11) is 0. The van der Waals surface area contributed by atoms with E-state index >= 15 is 0 Å². The maximum Gasteiger partial charge on any atom is 0.0622 e. The first-order valence-corrected chi connectivity index (χ1v) is 5.01. The van der Waals surface area contributed by atoms with Crippen LogP contribution in [0.2, 0.25) is 0 Å². The Hall–Kier alpha value is -0.590. The standard InChI is InChI=1S/C10H18N2O/c1-9-4-7-12(10(9)8-13)6-3-2-5-11/h9-10,13H,2-4,6-8H2,1H3. The second-order valence-corrected chi connectivity index (χ2v) is 3.81. The molecule has 1 N–H and O–H groups in total. The zero-order valence-electron chi connectivity index (χ0n) is 8.24. The van der Waals surface area contributed by atoms with Crippen molar-refractivity contribution in [1.82, 2.24) is 4.90 Å². The smallest absolute Gasteiger partial charge is 0.0622 e. The van der Waals surface area contributed by atoms with E-state index in [0.717, 1.165) is 19.5 Å². The number of hydrogen-bond donors (Lipinski definition) is 1. The number of likely N-dealkylation sites (tertiary alicyclic amines) is 1. The molecule has 3 nitrogen and oxygen atoms in total. The number of nitrogens with zero attached hydrogens (tertiary/aromatic N) is 2. The average molecular weight is 182 g/mol.